The van der Waals surface area contributed by atoms with Crippen LogP contribution in [0.2, 0.25) is 0 Å². The van der Waals surface area contributed by atoms with Gasteiger partial charge in [0.25, 0.3) is 0 Å². The van der Waals surface area contributed by atoms with Crippen LogP contribution in [0.5, 0.6) is 0 Å². The largest absolute Gasteiger partial charge is 0.481 e. The van der Waals surface area contributed by atoms with Crippen LogP contribution in [-0.2, 0) is 30.4 Å². The highest BCUT2D eigenvalue weighted by molar-refractivity contribution is 5.94. The minimum Gasteiger partial charge on any atom is -0.481 e. The zero-order valence-corrected chi connectivity index (χ0v) is 18.9. The highest BCUT2D eigenvalue weighted by Gasteiger charge is 2.29. The maximum Gasteiger partial charge on any atom is 0.326 e. The number of amides is 3. The molecule has 0 saturated heterocycles. The summed E-state index contributed by atoms with van der Waals surface area (Å²) in [4.78, 5) is 59.7. The summed E-state index contributed by atoms with van der Waals surface area (Å²) in [6, 6.07) is 4.11. The van der Waals surface area contributed by atoms with Crippen LogP contribution < -0.4 is 21.7 Å². The van der Waals surface area contributed by atoms with E-state index in [4.69, 9.17) is 10.8 Å². The smallest absolute Gasteiger partial charge is 0.326 e. The Balaban J connectivity index is 2.78. The zero-order valence-electron chi connectivity index (χ0n) is 18.9. The third kappa shape index (κ3) is 10.1. The first-order valence-electron chi connectivity index (χ1n) is 10.6. The van der Waals surface area contributed by atoms with Crippen molar-refractivity contribution in [2.24, 2.45) is 11.7 Å². The molecule has 1 aromatic rings. The van der Waals surface area contributed by atoms with E-state index in [1.54, 1.807) is 30.3 Å². The number of nitrogens with one attached hydrogen (secondary N) is 3. The molecule has 0 bridgehead atoms. The van der Waals surface area contributed by atoms with Crippen LogP contribution in [-0.4, -0.2) is 64.0 Å². The molecule has 182 valence electrons. The number of carbonyl (C=O) groups is 5. The van der Waals surface area contributed by atoms with Crippen molar-refractivity contribution in [3.63, 3.8) is 0 Å². The van der Waals surface area contributed by atoms with Gasteiger partial charge in [-0.25, -0.2) is 4.79 Å². The fourth-order valence-electron chi connectivity index (χ4n) is 2.99. The second kappa shape index (κ2) is 13.2. The number of carbonyl (C=O) groups excluding carboxylic acids is 3. The average molecular weight is 465 g/mol. The van der Waals surface area contributed by atoms with Crippen molar-refractivity contribution in [3.8, 4) is 0 Å². The SMILES string of the molecule is CC(C)C[C@H](NC(=O)[C@@H](N)CC(=O)O)C(=O)N[C@@H](C)C(=O)N[C@@H](Cc1ccccc1)C(=O)O. The molecule has 0 radical (unpaired) electrons. The number of hydrogen-bond acceptors (Lipinski definition) is 6. The molecule has 7 N–H and O–H groups in total. The summed E-state index contributed by atoms with van der Waals surface area (Å²) >= 11 is 0. The highest BCUT2D eigenvalue weighted by Crippen LogP contribution is 2.07. The summed E-state index contributed by atoms with van der Waals surface area (Å²) in [5.74, 6) is -4.66. The highest BCUT2D eigenvalue weighted by atomic mass is 16.4. The van der Waals surface area contributed by atoms with Crippen LogP contribution in [0.15, 0.2) is 30.3 Å². The van der Waals surface area contributed by atoms with Crippen LogP contribution in [0.3, 0.4) is 0 Å². The Kier molecular flexibility index (Phi) is 11.0. The first-order valence-corrected chi connectivity index (χ1v) is 10.6. The molecule has 1 rings (SSSR count). The van der Waals surface area contributed by atoms with Gasteiger partial charge >= 0.3 is 11.9 Å². The molecule has 0 aromatic heterocycles. The Morgan fingerprint density at radius 2 is 1.42 bits per heavy atom. The monoisotopic (exact) mass is 464 g/mol. The van der Waals surface area contributed by atoms with Gasteiger partial charge < -0.3 is 31.9 Å². The lowest BCUT2D eigenvalue weighted by molar-refractivity contribution is -0.142. The molecular formula is C22H32N4O7. The maximum absolute atomic E-state index is 12.7. The Labute approximate surface area is 192 Å². The fourth-order valence-corrected chi connectivity index (χ4v) is 2.99. The van der Waals surface area contributed by atoms with Crippen molar-refractivity contribution in [1.29, 1.82) is 0 Å². The molecule has 0 unspecified atom stereocenters. The van der Waals surface area contributed by atoms with Crippen LogP contribution in [0.1, 0.15) is 39.2 Å². The Hall–Kier alpha value is -3.47. The lowest BCUT2D eigenvalue weighted by atomic mass is 10.0. The second-order valence-corrected chi connectivity index (χ2v) is 8.21. The van der Waals surface area contributed by atoms with Gasteiger partial charge in [0.05, 0.1) is 12.5 Å². The van der Waals surface area contributed by atoms with Crippen molar-refractivity contribution in [2.45, 2.75) is 64.2 Å². The van der Waals surface area contributed by atoms with Gasteiger partial charge in [0.1, 0.15) is 18.1 Å². The van der Waals surface area contributed by atoms with E-state index in [9.17, 15) is 29.1 Å². The van der Waals surface area contributed by atoms with E-state index in [0.29, 0.717) is 0 Å². The number of rotatable bonds is 13. The van der Waals surface area contributed by atoms with Gasteiger partial charge in [-0.1, -0.05) is 44.2 Å². The van der Waals surface area contributed by atoms with Crippen LogP contribution in [0.25, 0.3) is 0 Å². The van der Waals surface area contributed by atoms with E-state index in [2.05, 4.69) is 16.0 Å². The van der Waals surface area contributed by atoms with Crippen molar-refractivity contribution >= 4 is 29.7 Å². The van der Waals surface area contributed by atoms with Crippen LogP contribution >= 0.6 is 0 Å². The number of aliphatic carboxylic acids is 2. The van der Waals surface area contributed by atoms with Gasteiger partial charge in [-0.15, -0.1) is 0 Å². The molecule has 0 aliphatic carbocycles. The molecule has 0 aliphatic heterocycles. The third-order valence-electron chi connectivity index (χ3n) is 4.72. The molecule has 0 spiro atoms. The molecule has 1 aromatic carbocycles. The minimum atomic E-state index is -1.33. The standard InChI is InChI=1S/C22H32N4O7/c1-12(2)9-16(25-20(30)15(23)11-18(27)28)21(31)24-13(3)19(29)26-17(22(32)33)10-14-7-5-4-6-8-14/h4-8,12-13,15-17H,9-11,23H2,1-3H3,(H,24,31)(H,25,30)(H,26,29)(H,27,28)(H,32,33)/t13-,15-,16-,17-/m0/s1. The van der Waals surface area contributed by atoms with Crippen molar-refractivity contribution in [2.75, 3.05) is 0 Å². The van der Waals surface area contributed by atoms with Crippen LogP contribution in [0.4, 0.5) is 0 Å². The summed E-state index contributed by atoms with van der Waals surface area (Å²) in [6.45, 7) is 5.03. The van der Waals surface area contributed by atoms with E-state index in [1.165, 1.54) is 6.92 Å². The molecule has 33 heavy (non-hydrogen) atoms. The quantitative estimate of drug-likeness (QED) is 0.228. The van der Waals surface area contributed by atoms with E-state index in [0.717, 1.165) is 5.56 Å². The fraction of sp³-hybridized carbons (Fsp3) is 0.500. The van der Waals surface area contributed by atoms with Crippen molar-refractivity contribution in [3.05, 3.63) is 35.9 Å². The lowest BCUT2D eigenvalue weighted by Crippen LogP contribution is -2.56. The number of nitrogens with two attached hydrogens (primary N) is 1. The maximum atomic E-state index is 12.7. The molecule has 0 heterocycles. The first-order chi connectivity index (χ1) is 15.4. The van der Waals surface area contributed by atoms with Gasteiger partial charge in [-0.2, -0.15) is 0 Å². The van der Waals surface area contributed by atoms with Crippen molar-refractivity contribution < 1.29 is 34.2 Å². The molecule has 11 heteroatoms. The summed E-state index contributed by atoms with van der Waals surface area (Å²) in [5.41, 5.74) is 6.27. The molecule has 3 amide bonds. The van der Waals surface area contributed by atoms with Gasteiger partial charge in [0, 0.05) is 6.42 Å². The predicted molar refractivity (Wildman–Crippen MR) is 119 cm³/mol. The Morgan fingerprint density at radius 1 is 0.848 bits per heavy atom. The van der Waals surface area contributed by atoms with E-state index in [-0.39, 0.29) is 18.8 Å². The molecule has 0 aliphatic rings. The molecular weight excluding hydrogens is 432 g/mol. The molecule has 0 fully saturated rings. The van der Waals surface area contributed by atoms with Gasteiger partial charge in [-0.05, 0) is 24.8 Å². The summed E-state index contributed by atoms with van der Waals surface area (Å²) in [5, 5.41) is 25.5. The molecule has 0 saturated carbocycles. The van der Waals surface area contributed by atoms with E-state index in [1.807, 2.05) is 13.8 Å². The normalized spacial score (nSPS) is 14.5. The molecule has 4 atom stereocenters. The number of benzene rings is 1. The summed E-state index contributed by atoms with van der Waals surface area (Å²) in [7, 11) is 0. The minimum absolute atomic E-state index is 0.0110. The molecule has 11 nitrogen and oxygen atoms in total. The zero-order chi connectivity index (χ0) is 25.1. The lowest BCUT2D eigenvalue weighted by Gasteiger charge is -2.24. The number of hydrogen-bond donors (Lipinski definition) is 6. The average Bonchev–Trinajstić information content (AvgIpc) is 2.72. The third-order valence-corrected chi connectivity index (χ3v) is 4.72. The Bertz CT molecular complexity index is 844. The topological polar surface area (TPSA) is 188 Å². The number of carboxylic acids is 2. The second-order valence-electron chi connectivity index (χ2n) is 8.21. The van der Waals surface area contributed by atoms with Gasteiger partial charge in [-0.3, -0.25) is 19.2 Å². The first kappa shape index (κ1) is 27.6. The van der Waals surface area contributed by atoms with Crippen LogP contribution in [0, 0.1) is 5.92 Å². The van der Waals surface area contributed by atoms with E-state index >= 15 is 0 Å². The predicted octanol–water partition coefficient (Wildman–Crippen LogP) is -0.364. The Morgan fingerprint density at radius 3 is 1.94 bits per heavy atom. The van der Waals surface area contributed by atoms with E-state index < -0.39 is 60.2 Å². The van der Waals surface area contributed by atoms with Crippen molar-refractivity contribution in [1.82, 2.24) is 16.0 Å². The van der Waals surface area contributed by atoms with Gasteiger partial charge in [0.2, 0.25) is 17.7 Å². The summed E-state index contributed by atoms with van der Waals surface area (Å²) < 4.78 is 0. The van der Waals surface area contributed by atoms with Gasteiger partial charge in [0.15, 0.2) is 0 Å². The number of carboxylic acid groups (broad SMARTS) is 2. The summed E-state index contributed by atoms with van der Waals surface area (Å²) in [6.07, 6.45) is -0.313.